The zero-order valence-electron chi connectivity index (χ0n) is 8.52. The Morgan fingerprint density at radius 1 is 1.67 bits per heavy atom. The Labute approximate surface area is 92.3 Å². The second-order valence-corrected chi connectivity index (χ2v) is 4.99. The number of amides is 1. The first-order chi connectivity index (χ1) is 7.15. The van der Waals surface area contributed by atoms with Crippen molar-refractivity contribution in [1.82, 2.24) is 4.90 Å². The van der Waals surface area contributed by atoms with Crippen molar-refractivity contribution in [3.8, 4) is 0 Å². The summed E-state index contributed by atoms with van der Waals surface area (Å²) in [4.78, 5) is 24.6. The number of allylic oxidation sites excluding steroid dienone is 1. The van der Waals surface area contributed by atoms with Crippen LogP contribution < -0.4 is 0 Å². The number of aliphatic carboxylic acids is 1. The summed E-state index contributed by atoms with van der Waals surface area (Å²) < 4.78 is 0. The smallest absolute Gasteiger partial charge is 0.353 e. The van der Waals surface area contributed by atoms with Crippen molar-refractivity contribution in [1.29, 1.82) is 0 Å². The van der Waals surface area contributed by atoms with Crippen LogP contribution in [0.2, 0.25) is 0 Å². The molecule has 0 aromatic carbocycles. The molecule has 1 amide bonds. The maximum Gasteiger partial charge on any atom is 0.353 e. The van der Waals surface area contributed by atoms with Gasteiger partial charge in [0.2, 0.25) is 5.91 Å². The molecule has 82 valence electrons. The third kappa shape index (κ3) is 1.65. The van der Waals surface area contributed by atoms with Crippen LogP contribution in [0, 0.1) is 0 Å². The van der Waals surface area contributed by atoms with Crippen molar-refractivity contribution in [3.05, 3.63) is 10.6 Å². The van der Waals surface area contributed by atoms with Gasteiger partial charge < -0.3 is 5.11 Å². The quantitative estimate of drug-likeness (QED) is 0.744. The highest BCUT2D eigenvalue weighted by Crippen LogP contribution is 2.47. The summed E-state index contributed by atoms with van der Waals surface area (Å²) in [7, 11) is 0. The Morgan fingerprint density at radius 2 is 2.40 bits per heavy atom. The van der Waals surface area contributed by atoms with Crippen LogP contribution in [0.3, 0.4) is 0 Å². The van der Waals surface area contributed by atoms with Crippen LogP contribution in [0.1, 0.15) is 32.6 Å². The lowest BCUT2D eigenvalue weighted by Gasteiger charge is -2.33. The van der Waals surface area contributed by atoms with Crippen LogP contribution in [-0.4, -0.2) is 27.3 Å². The predicted octanol–water partition coefficient (Wildman–Crippen LogP) is 1.78. The van der Waals surface area contributed by atoms with Gasteiger partial charge in [-0.05, 0) is 12.8 Å². The molecule has 0 aromatic rings. The Balaban J connectivity index is 2.19. The average molecular weight is 227 g/mol. The topological polar surface area (TPSA) is 57.6 Å². The highest BCUT2D eigenvalue weighted by Gasteiger charge is 2.47. The van der Waals surface area contributed by atoms with Gasteiger partial charge in [0, 0.05) is 4.91 Å². The van der Waals surface area contributed by atoms with E-state index in [2.05, 4.69) is 6.92 Å². The van der Waals surface area contributed by atoms with Crippen molar-refractivity contribution in [3.63, 3.8) is 0 Å². The molecule has 1 N–H and O–H groups in total. The van der Waals surface area contributed by atoms with E-state index in [-0.39, 0.29) is 17.0 Å². The fourth-order valence-electron chi connectivity index (χ4n) is 1.84. The summed E-state index contributed by atoms with van der Waals surface area (Å²) in [5.74, 6) is -1.03. The predicted molar refractivity (Wildman–Crippen MR) is 57.0 cm³/mol. The van der Waals surface area contributed by atoms with Crippen molar-refractivity contribution in [2.75, 3.05) is 0 Å². The number of rotatable bonds is 4. The van der Waals surface area contributed by atoms with Crippen molar-refractivity contribution < 1.29 is 14.7 Å². The maximum atomic E-state index is 11.3. The van der Waals surface area contributed by atoms with E-state index in [0.717, 1.165) is 24.2 Å². The van der Waals surface area contributed by atoms with Gasteiger partial charge >= 0.3 is 5.97 Å². The second kappa shape index (κ2) is 3.89. The Bertz CT molecular complexity index is 351. The number of β-lactam (4-membered cyclic amide) rings is 1. The second-order valence-electron chi connectivity index (χ2n) is 3.72. The Kier molecular flexibility index (Phi) is 2.73. The SMILES string of the molecule is CCCCC1=C(C(=O)O)N2C(=O)C[C@H]2S1. The van der Waals surface area contributed by atoms with E-state index in [1.54, 1.807) is 11.8 Å². The molecular formula is C10H13NO3S. The van der Waals surface area contributed by atoms with Gasteiger partial charge in [-0.2, -0.15) is 0 Å². The Hall–Kier alpha value is -0.970. The summed E-state index contributed by atoms with van der Waals surface area (Å²) in [6.45, 7) is 2.07. The molecule has 1 saturated heterocycles. The lowest BCUT2D eigenvalue weighted by atomic mass is 10.1. The summed E-state index contributed by atoms with van der Waals surface area (Å²) >= 11 is 1.54. The summed E-state index contributed by atoms with van der Waals surface area (Å²) in [6, 6.07) is 0. The van der Waals surface area contributed by atoms with Crippen molar-refractivity contribution >= 4 is 23.6 Å². The molecule has 0 spiro atoms. The Morgan fingerprint density at radius 3 is 2.93 bits per heavy atom. The standard InChI is InChI=1S/C10H13NO3S/c1-2-3-4-6-9(10(13)14)11-7(12)5-8(11)15-6/h8H,2-5H2,1H3,(H,13,14)/t8-/m1/s1. The number of carboxylic acid groups (broad SMARTS) is 1. The molecule has 2 aliphatic heterocycles. The number of carbonyl (C=O) groups is 2. The number of thioether (sulfide) groups is 1. The van der Waals surface area contributed by atoms with Crippen molar-refractivity contribution in [2.45, 2.75) is 38.0 Å². The molecule has 0 bridgehead atoms. The van der Waals surface area contributed by atoms with Crippen LogP contribution in [-0.2, 0) is 9.59 Å². The van der Waals surface area contributed by atoms with E-state index < -0.39 is 5.97 Å². The first-order valence-electron chi connectivity index (χ1n) is 5.10. The molecule has 0 aliphatic carbocycles. The average Bonchev–Trinajstić information content (AvgIpc) is 2.47. The van der Waals surface area contributed by atoms with Gasteiger partial charge in [0.15, 0.2) is 0 Å². The number of unbranched alkanes of at least 4 members (excludes halogenated alkanes) is 1. The zero-order chi connectivity index (χ0) is 11.0. The number of nitrogens with zero attached hydrogens (tertiary/aromatic N) is 1. The molecule has 2 rings (SSSR count). The molecule has 15 heavy (non-hydrogen) atoms. The molecule has 0 unspecified atom stereocenters. The number of hydrogen-bond donors (Lipinski definition) is 1. The maximum absolute atomic E-state index is 11.3. The molecule has 2 aliphatic rings. The minimum absolute atomic E-state index is 0.0589. The molecule has 0 saturated carbocycles. The van der Waals surface area contributed by atoms with Gasteiger partial charge in [-0.25, -0.2) is 4.79 Å². The molecule has 1 atom stereocenters. The van der Waals surface area contributed by atoms with E-state index in [9.17, 15) is 9.59 Å². The van der Waals surface area contributed by atoms with Gasteiger partial charge in [0.05, 0.1) is 11.8 Å². The van der Waals surface area contributed by atoms with Crippen molar-refractivity contribution in [2.24, 2.45) is 0 Å². The minimum Gasteiger partial charge on any atom is -0.477 e. The number of carbonyl (C=O) groups excluding carboxylic acids is 1. The van der Waals surface area contributed by atoms with E-state index >= 15 is 0 Å². The lowest BCUT2D eigenvalue weighted by molar-refractivity contribution is -0.145. The molecule has 0 aromatic heterocycles. The van der Waals surface area contributed by atoms with Crippen LogP contribution in [0.15, 0.2) is 10.6 Å². The molecule has 2 heterocycles. The third-order valence-corrected chi connectivity index (χ3v) is 3.98. The number of hydrogen-bond acceptors (Lipinski definition) is 3. The number of fused-ring (bicyclic) bond motifs is 1. The normalized spacial score (nSPS) is 24.2. The van der Waals surface area contributed by atoms with Crippen LogP contribution in [0.25, 0.3) is 0 Å². The summed E-state index contributed by atoms with van der Waals surface area (Å²) in [6.07, 6.45) is 3.28. The highest BCUT2D eigenvalue weighted by atomic mass is 32.2. The monoisotopic (exact) mass is 227 g/mol. The van der Waals surface area contributed by atoms with Crippen LogP contribution in [0.5, 0.6) is 0 Å². The van der Waals surface area contributed by atoms with Gasteiger partial charge in [0.1, 0.15) is 5.70 Å². The highest BCUT2D eigenvalue weighted by molar-refractivity contribution is 8.04. The fourth-order valence-corrected chi connectivity index (χ4v) is 3.28. The van der Waals surface area contributed by atoms with Crippen LogP contribution >= 0.6 is 11.8 Å². The van der Waals surface area contributed by atoms with Crippen LogP contribution in [0.4, 0.5) is 0 Å². The van der Waals surface area contributed by atoms with Gasteiger partial charge in [-0.3, -0.25) is 9.69 Å². The van der Waals surface area contributed by atoms with E-state index in [4.69, 9.17) is 5.11 Å². The molecule has 4 nitrogen and oxygen atoms in total. The first kappa shape index (κ1) is 10.5. The molecule has 1 fully saturated rings. The van der Waals surface area contributed by atoms with Gasteiger partial charge in [0.25, 0.3) is 0 Å². The zero-order valence-corrected chi connectivity index (χ0v) is 9.34. The minimum atomic E-state index is -0.968. The third-order valence-electron chi connectivity index (χ3n) is 2.65. The lowest BCUT2D eigenvalue weighted by Crippen LogP contribution is -2.48. The first-order valence-corrected chi connectivity index (χ1v) is 5.98. The largest absolute Gasteiger partial charge is 0.477 e. The van der Waals surface area contributed by atoms with E-state index in [1.165, 1.54) is 4.90 Å². The van der Waals surface area contributed by atoms with Gasteiger partial charge in [-0.1, -0.05) is 13.3 Å². The fraction of sp³-hybridized carbons (Fsp3) is 0.600. The van der Waals surface area contributed by atoms with E-state index in [0.29, 0.717) is 6.42 Å². The number of carboxylic acids is 1. The summed E-state index contributed by atoms with van der Waals surface area (Å²) in [5, 5.41) is 9.12. The molecular weight excluding hydrogens is 214 g/mol. The molecule has 0 radical (unpaired) electrons. The summed E-state index contributed by atoms with van der Waals surface area (Å²) in [5.41, 5.74) is 0.231. The van der Waals surface area contributed by atoms with Gasteiger partial charge in [-0.15, -0.1) is 11.8 Å². The molecule has 5 heteroatoms. The van der Waals surface area contributed by atoms with E-state index in [1.807, 2.05) is 0 Å².